The van der Waals surface area contributed by atoms with Crippen molar-refractivity contribution >= 4 is 46.6 Å². The van der Waals surface area contributed by atoms with Crippen LogP contribution in [-0.2, 0) is 17.8 Å². The van der Waals surface area contributed by atoms with Crippen molar-refractivity contribution < 1.29 is 19.4 Å². The number of rotatable bonds is 10. The van der Waals surface area contributed by atoms with Crippen molar-refractivity contribution in [3.8, 4) is 5.75 Å². The molecule has 1 amide bonds. The lowest BCUT2D eigenvalue weighted by molar-refractivity contribution is -0.137. The smallest absolute Gasteiger partial charge is 0.326 e. The maximum atomic E-state index is 12.6. The molecule has 3 N–H and O–H groups in total. The van der Waals surface area contributed by atoms with Gasteiger partial charge in [-0.25, -0.2) is 9.78 Å². The van der Waals surface area contributed by atoms with Crippen LogP contribution in [0.4, 0.5) is 11.5 Å². The van der Waals surface area contributed by atoms with Gasteiger partial charge in [0.15, 0.2) is 11.6 Å². The number of halogens is 2. The zero-order valence-electron chi connectivity index (χ0n) is 19.4. The van der Waals surface area contributed by atoms with E-state index < -0.39 is 17.9 Å². The molecule has 0 saturated carbocycles. The maximum absolute atomic E-state index is 12.6. The molecule has 2 heterocycles. The summed E-state index contributed by atoms with van der Waals surface area (Å²) in [5.74, 6) is -0.697. The Balaban J connectivity index is 1.42. The molecule has 0 bridgehead atoms. The summed E-state index contributed by atoms with van der Waals surface area (Å²) >= 11 is 12.1. The van der Waals surface area contributed by atoms with Crippen LogP contribution in [0.1, 0.15) is 21.5 Å². The number of amides is 1. The van der Waals surface area contributed by atoms with Gasteiger partial charge in [0.1, 0.15) is 12.6 Å². The standard InChI is InChI=1S/C27H22Cl2N4O4/c28-20-14-30-15-21(29)24(20)33-26(34)19-10-8-17(9-11-19)13-22(27(35)36)32-25-23(7-4-12-31-25)37-16-18-5-2-1-3-6-18/h1-12,14-15,22H,13,16H2,(H,31,32)(H,35,36)(H,30,33,34). The van der Waals surface area contributed by atoms with E-state index in [2.05, 4.69) is 20.6 Å². The van der Waals surface area contributed by atoms with E-state index in [0.29, 0.717) is 29.3 Å². The van der Waals surface area contributed by atoms with E-state index in [0.717, 1.165) is 5.56 Å². The molecule has 37 heavy (non-hydrogen) atoms. The van der Waals surface area contributed by atoms with Crippen molar-refractivity contribution in [2.45, 2.75) is 19.1 Å². The Morgan fingerprint density at radius 3 is 2.30 bits per heavy atom. The summed E-state index contributed by atoms with van der Waals surface area (Å²) in [6.07, 6.45) is 4.47. The topological polar surface area (TPSA) is 113 Å². The van der Waals surface area contributed by atoms with Crippen LogP contribution in [0.5, 0.6) is 5.75 Å². The van der Waals surface area contributed by atoms with Gasteiger partial charge >= 0.3 is 5.97 Å². The van der Waals surface area contributed by atoms with Gasteiger partial charge in [0, 0.05) is 30.6 Å². The van der Waals surface area contributed by atoms with Gasteiger partial charge in [-0.05, 0) is 35.4 Å². The molecular formula is C27H22Cl2N4O4. The van der Waals surface area contributed by atoms with E-state index in [9.17, 15) is 14.7 Å². The van der Waals surface area contributed by atoms with E-state index in [4.69, 9.17) is 27.9 Å². The number of nitrogens with zero attached hydrogens (tertiary/aromatic N) is 2. The van der Waals surface area contributed by atoms with E-state index >= 15 is 0 Å². The second-order valence-electron chi connectivity index (χ2n) is 7.99. The number of anilines is 2. The van der Waals surface area contributed by atoms with E-state index in [1.807, 2.05) is 30.3 Å². The summed E-state index contributed by atoms with van der Waals surface area (Å²) in [4.78, 5) is 32.8. The number of hydrogen-bond donors (Lipinski definition) is 3. The first kappa shape index (κ1) is 25.9. The summed E-state index contributed by atoms with van der Waals surface area (Å²) < 4.78 is 5.88. The number of aromatic nitrogens is 2. The Morgan fingerprint density at radius 2 is 1.62 bits per heavy atom. The lowest BCUT2D eigenvalue weighted by Gasteiger charge is -2.18. The quantitative estimate of drug-likeness (QED) is 0.237. The van der Waals surface area contributed by atoms with Crippen molar-refractivity contribution in [3.05, 3.63) is 112 Å². The van der Waals surface area contributed by atoms with Gasteiger partial charge in [-0.1, -0.05) is 65.7 Å². The molecule has 0 aliphatic heterocycles. The SMILES string of the molecule is O=C(Nc1c(Cl)cncc1Cl)c1ccc(CC(Nc2ncccc2OCc2ccccc2)C(=O)O)cc1. The van der Waals surface area contributed by atoms with Gasteiger partial charge < -0.3 is 20.5 Å². The number of carbonyl (C=O) groups is 2. The first-order chi connectivity index (χ1) is 17.9. The van der Waals surface area contributed by atoms with Gasteiger partial charge in [-0.3, -0.25) is 9.78 Å². The number of carboxylic acid groups (broad SMARTS) is 1. The van der Waals surface area contributed by atoms with Crippen LogP contribution in [0, 0.1) is 0 Å². The minimum atomic E-state index is -1.05. The zero-order chi connectivity index (χ0) is 26.2. The highest BCUT2D eigenvalue weighted by Crippen LogP contribution is 2.29. The van der Waals surface area contributed by atoms with E-state index in [-0.39, 0.29) is 22.2 Å². The summed E-state index contributed by atoms with van der Waals surface area (Å²) in [5.41, 5.74) is 2.31. The highest BCUT2D eigenvalue weighted by molar-refractivity contribution is 6.39. The highest BCUT2D eigenvalue weighted by Gasteiger charge is 2.21. The summed E-state index contributed by atoms with van der Waals surface area (Å²) in [5, 5.41) is 15.9. The lowest BCUT2D eigenvalue weighted by atomic mass is 10.0. The van der Waals surface area contributed by atoms with Crippen molar-refractivity contribution in [1.82, 2.24) is 9.97 Å². The predicted octanol–water partition coefficient (Wildman–Crippen LogP) is 5.72. The average Bonchev–Trinajstić information content (AvgIpc) is 2.91. The van der Waals surface area contributed by atoms with Crippen molar-refractivity contribution in [2.75, 3.05) is 10.6 Å². The Bertz CT molecular complexity index is 1360. The third kappa shape index (κ3) is 6.97. The number of nitrogens with one attached hydrogen (secondary N) is 2. The largest absolute Gasteiger partial charge is 0.485 e. The molecule has 2 aromatic heterocycles. The third-order valence-corrected chi connectivity index (χ3v) is 5.94. The molecule has 0 aliphatic rings. The van der Waals surface area contributed by atoms with Gasteiger partial charge in [0.05, 0.1) is 15.7 Å². The first-order valence-corrected chi connectivity index (χ1v) is 12.0. The fourth-order valence-electron chi connectivity index (χ4n) is 3.46. The molecule has 1 unspecified atom stereocenters. The van der Waals surface area contributed by atoms with Gasteiger partial charge in [-0.15, -0.1) is 0 Å². The third-order valence-electron chi connectivity index (χ3n) is 5.36. The fourth-order valence-corrected chi connectivity index (χ4v) is 3.92. The Labute approximate surface area is 223 Å². The molecule has 0 fully saturated rings. The van der Waals surface area contributed by atoms with Crippen LogP contribution in [0.15, 0.2) is 85.3 Å². The summed E-state index contributed by atoms with van der Waals surface area (Å²) in [7, 11) is 0. The molecular weight excluding hydrogens is 515 g/mol. The molecule has 0 spiro atoms. The highest BCUT2D eigenvalue weighted by atomic mass is 35.5. The molecule has 1 atom stereocenters. The van der Waals surface area contributed by atoms with Gasteiger partial charge in [0.25, 0.3) is 5.91 Å². The summed E-state index contributed by atoms with van der Waals surface area (Å²) in [6, 6.07) is 18.7. The van der Waals surface area contributed by atoms with E-state index in [1.54, 1.807) is 42.6 Å². The number of ether oxygens (including phenoxy) is 1. The minimum Gasteiger partial charge on any atom is -0.485 e. The lowest BCUT2D eigenvalue weighted by Crippen LogP contribution is -2.32. The van der Waals surface area contributed by atoms with Crippen LogP contribution in [-0.4, -0.2) is 33.0 Å². The molecule has 0 saturated heterocycles. The monoisotopic (exact) mass is 536 g/mol. The van der Waals surface area contributed by atoms with E-state index in [1.165, 1.54) is 12.4 Å². The number of aliphatic carboxylic acids is 1. The molecule has 8 nitrogen and oxygen atoms in total. The number of carboxylic acids is 1. The molecule has 4 aromatic rings. The normalized spacial score (nSPS) is 11.4. The average molecular weight is 537 g/mol. The fraction of sp³-hybridized carbons (Fsp3) is 0.111. The van der Waals surface area contributed by atoms with Crippen LogP contribution in [0.25, 0.3) is 0 Å². The molecule has 2 aromatic carbocycles. The van der Waals surface area contributed by atoms with Crippen LogP contribution >= 0.6 is 23.2 Å². The maximum Gasteiger partial charge on any atom is 0.326 e. The second kappa shape index (κ2) is 12.2. The van der Waals surface area contributed by atoms with Crippen LogP contribution in [0.3, 0.4) is 0 Å². The zero-order valence-corrected chi connectivity index (χ0v) is 20.9. The Hall–Kier alpha value is -4.14. The van der Waals surface area contributed by atoms with Crippen LogP contribution in [0.2, 0.25) is 10.0 Å². The van der Waals surface area contributed by atoms with Crippen molar-refractivity contribution in [3.63, 3.8) is 0 Å². The summed E-state index contributed by atoms with van der Waals surface area (Å²) in [6.45, 7) is 0.318. The molecule has 0 aliphatic carbocycles. The minimum absolute atomic E-state index is 0.147. The molecule has 188 valence electrons. The Kier molecular flexibility index (Phi) is 8.56. The first-order valence-electron chi connectivity index (χ1n) is 11.2. The second-order valence-corrected chi connectivity index (χ2v) is 8.81. The number of carbonyl (C=O) groups excluding carboxylic acids is 1. The molecule has 4 rings (SSSR count). The van der Waals surface area contributed by atoms with Crippen molar-refractivity contribution in [1.29, 1.82) is 0 Å². The predicted molar refractivity (Wildman–Crippen MR) is 142 cm³/mol. The molecule has 10 heteroatoms. The van der Waals surface area contributed by atoms with Crippen molar-refractivity contribution in [2.24, 2.45) is 0 Å². The number of hydrogen-bond acceptors (Lipinski definition) is 6. The van der Waals surface area contributed by atoms with Gasteiger partial charge in [-0.2, -0.15) is 0 Å². The Morgan fingerprint density at radius 1 is 0.919 bits per heavy atom. The van der Waals surface area contributed by atoms with Gasteiger partial charge in [0.2, 0.25) is 0 Å². The molecule has 0 radical (unpaired) electrons. The van der Waals surface area contributed by atoms with Crippen LogP contribution < -0.4 is 15.4 Å². The number of benzene rings is 2. The number of pyridine rings is 2.